The van der Waals surface area contributed by atoms with E-state index in [1.807, 2.05) is 18.5 Å². The fourth-order valence-corrected chi connectivity index (χ4v) is 2.88. The average molecular weight is 233 g/mol. The van der Waals surface area contributed by atoms with Crippen LogP contribution < -0.4 is 5.73 Å². The minimum absolute atomic E-state index is 0.190. The van der Waals surface area contributed by atoms with E-state index in [4.69, 9.17) is 5.73 Å². The molecule has 17 heavy (non-hydrogen) atoms. The molecule has 0 spiro atoms. The summed E-state index contributed by atoms with van der Waals surface area (Å²) < 4.78 is 0. The van der Waals surface area contributed by atoms with Gasteiger partial charge in [0.25, 0.3) is 0 Å². The summed E-state index contributed by atoms with van der Waals surface area (Å²) >= 11 is 0. The largest absolute Gasteiger partial charge is 0.329 e. The quantitative estimate of drug-likeness (QED) is 0.817. The fourth-order valence-electron chi connectivity index (χ4n) is 2.88. The smallest absolute Gasteiger partial charge is 0.0357 e. The third-order valence-electron chi connectivity index (χ3n) is 4.21. The van der Waals surface area contributed by atoms with Crippen LogP contribution in [0, 0.1) is 5.92 Å². The molecular formula is C14H23N3. The Kier molecular flexibility index (Phi) is 3.79. The molecule has 0 aliphatic heterocycles. The van der Waals surface area contributed by atoms with Crippen LogP contribution in [0.25, 0.3) is 0 Å². The molecule has 0 saturated heterocycles. The van der Waals surface area contributed by atoms with Gasteiger partial charge in [-0.1, -0.05) is 13.0 Å². The van der Waals surface area contributed by atoms with Crippen molar-refractivity contribution in [3.8, 4) is 0 Å². The van der Waals surface area contributed by atoms with Crippen LogP contribution in [0.3, 0.4) is 0 Å². The number of aromatic nitrogens is 1. The van der Waals surface area contributed by atoms with E-state index in [0.717, 1.165) is 25.4 Å². The molecule has 0 radical (unpaired) electrons. The van der Waals surface area contributed by atoms with E-state index < -0.39 is 0 Å². The van der Waals surface area contributed by atoms with Crippen molar-refractivity contribution in [2.75, 3.05) is 13.6 Å². The molecular weight excluding hydrogens is 210 g/mol. The van der Waals surface area contributed by atoms with E-state index in [0.29, 0.717) is 0 Å². The maximum atomic E-state index is 6.06. The van der Waals surface area contributed by atoms with Crippen molar-refractivity contribution < 1.29 is 0 Å². The Hall–Kier alpha value is -0.930. The van der Waals surface area contributed by atoms with Gasteiger partial charge in [0.2, 0.25) is 0 Å². The number of pyridine rings is 1. The van der Waals surface area contributed by atoms with Gasteiger partial charge < -0.3 is 5.73 Å². The molecule has 94 valence electrons. The molecule has 0 bridgehead atoms. The summed E-state index contributed by atoms with van der Waals surface area (Å²) in [6, 6.07) is 4.13. The van der Waals surface area contributed by atoms with Gasteiger partial charge in [-0.05, 0) is 43.9 Å². The second kappa shape index (κ2) is 5.15. The van der Waals surface area contributed by atoms with Crippen molar-refractivity contribution in [2.45, 2.75) is 38.3 Å². The zero-order valence-corrected chi connectivity index (χ0v) is 10.9. The van der Waals surface area contributed by atoms with Crippen molar-refractivity contribution in [3.63, 3.8) is 0 Å². The van der Waals surface area contributed by atoms with Gasteiger partial charge >= 0.3 is 0 Å². The van der Waals surface area contributed by atoms with Crippen LogP contribution in [0.2, 0.25) is 0 Å². The summed E-state index contributed by atoms with van der Waals surface area (Å²) in [6.07, 6.45) is 7.57. The normalized spacial score (nSPS) is 19.3. The van der Waals surface area contributed by atoms with E-state index in [9.17, 15) is 0 Å². The zero-order valence-electron chi connectivity index (χ0n) is 10.9. The lowest BCUT2D eigenvalue weighted by Gasteiger charge is -2.41. The highest BCUT2D eigenvalue weighted by Gasteiger charge is 2.45. The molecule has 0 amide bonds. The Morgan fingerprint density at radius 1 is 1.53 bits per heavy atom. The molecule has 1 heterocycles. The van der Waals surface area contributed by atoms with Crippen molar-refractivity contribution in [3.05, 3.63) is 30.1 Å². The highest BCUT2D eigenvalue weighted by molar-refractivity contribution is 5.10. The number of rotatable bonds is 6. The molecule has 3 heteroatoms. The molecule has 0 aromatic carbocycles. The van der Waals surface area contributed by atoms with E-state index in [1.54, 1.807) is 0 Å². The van der Waals surface area contributed by atoms with Crippen molar-refractivity contribution >= 4 is 0 Å². The Balaban J connectivity index is 2.09. The van der Waals surface area contributed by atoms with Crippen molar-refractivity contribution in [2.24, 2.45) is 11.7 Å². The molecule has 1 unspecified atom stereocenters. The number of nitrogens with two attached hydrogens (primary N) is 1. The minimum atomic E-state index is 0.190. The molecule has 1 aromatic rings. The van der Waals surface area contributed by atoms with Crippen LogP contribution in [0.4, 0.5) is 0 Å². The molecule has 1 aliphatic rings. The first kappa shape index (κ1) is 12.5. The van der Waals surface area contributed by atoms with Crippen LogP contribution in [0.1, 0.15) is 31.7 Å². The Morgan fingerprint density at radius 3 is 2.76 bits per heavy atom. The van der Waals surface area contributed by atoms with Gasteiger partial charge in [0.1, 0.15) is 0 Å². The van der Waals surface area contributed by atoms with Crippen molar-refractivity contribution in [1.82, 2.24) is 9.88 Å². The lowest BCUT2D eigenvalue weighted by atomic mass is 9.88. The van der Waals surface area contributed by atoms with E-state index >= 15 is 0 Å². The topological polar surface area (TPSA) is 42.1 Å². The summed E-state index contributed by atoms with van der Waals surface area (Å²) in [5.41, 5.74) is 7.51. The van der Waals surface area contributed by atoms with Gasteiger partial charge in [-0.15, -0.1) is 0 Å². The minimum Gasteiger partial charge on any atom is -0.329 e. The van der Waals surface area contributed by atoms with Gasteiger partial charge in [0, 0.05) is 31.0 Å². The SMILES string of the molecule is CCC(CN)(C1CC1)N(C)Cc1cccnc1. The number of hydrogen-bond acceptors (Lipinski definition) is 3. The average Bonchev–Trinajstić information content (AvgIpc) is 3.17. The molecule has 2 rings (SSSR count). The third kappa shape index (κ3) is 2.50. The van der Waals surface area contributed by atoms with E-state index in [-0.39, 0.29) is 5.54 Å². The van der Waals surface area contributed by atoms with Gasteiger partial charge in [-0.25, -0.2) is 0 Å². The number of hydrogen-bond donors (Lipinski definition) is 1. The highest BCUT2D eigenvalue weighted by atomic mass is 15.2. The summed E-state index contributed by atoms with van der Waals surface area (Å²) in [7, 11) is 2.20. The number of likely N-dealkylation sites (N-methyl/N-ethyl adjacent to an activating group) is 1. The van der Waals surface area contributed by atoms with E-state index in [2.05, 4.69) is 29.9 Å². The zero-order chi connectivity index (χ0) is 12.3. The number of nitrogens with zero attached hydrogens (tertiary/aromatic N) is 2. The first-order valence-electron chi connectivity index (χ1n) is 6.53. The maximum absolute atomic E-state index is 6.06. The van der Waals surface area contributed by atoms with E-state index in [1.165, 1.54) is 18.4 Å². The fraction of sp³-hybridized carbons (Fsp3) is 0.643. The molecule has 1 atom stereocenters. The molecule has 2 N–H and O–H groups in total. The molecule has 1 aliphatic carbocycles. The van der Waals surface area contributed by atoms with Gasteiger partial charge in [-0.2, -0.15) is 0 Å². The van der Waals surface area contributed by atoms with Crippen LogP contribution in [-0.4, -0.2) is 29.0 Å². The monoisotopic (exact) mass is 233 g/mol. The summed E-state index contributed by atoms with van der Waals surface area (Å²) in [5, 5.41) is 0. The first-order valence-corrected chi connectivity index (χ1v) is 6.53. The molecule has 1 fully saturated rings. The predicted octanol–water partition coefficient (Wildman–Crippen LogP) is 2.03. The highest BCUT2D eigenvalue weighted by Crippen LogP contribution is 2.44. The van der Waals surface area contributed by atoms with Gasteiger partial charge in [0.15, 0.2) is 0 Å². The predicted molar refractivity (Wildman–Crippen MR) is 70.5 cm³/mol. The maximum Gasteiger partial charge on any atom is 0.0357 e. The van der Waals surface area contributed by atoms with Gasteiger partial charge in [-0.3, -0.25) is 9.88 Å². The van der Waals surface area contributed by atoms with Crippen LogP contribution >= 0.6 is 0 Å². The second-order valence-electron chi connectivity index (χ2n) is 5.15. The lowest BCUT2D eigenvalue weighted by molar-refractivity contribution is 0.0890. The summed E-state index contributed by atoms with van der Waals surface area (Å²) in [5.74, 6) is 0.791. The summed E-state index contributed by atoms with van der Waals surface area (Å²) in [6.45, 7) is 3.95. The molecule has 3 nitrogen and oxygen atoms in total. The lowest BCUT2D eigenvalue weighted by Crippen LogP contribution is -2.53. The Morgan fingerprint density at radius 2 is 2.29 bits per heavy atom. The Labute approximate surface area is 104 Å². The Bertz CT molecular complexity index is 342. The second-order valence-corrected chi connectivity index (χ2v) is 5.15. The molecule has 1 aromatic heterocycles. The molecule has 1 saturated carbocycles. The standard InChI is InChI=1S/C14H23N3/c1-3-14(11-15,13-6-7-13)17(2)10-12-5-4-8-16-9-12/h4-5,8-9,13H,3,6-7,10-11,15H2,1-2H3. The van der Waals surface area contributed by atoms with Crippen LogP contribution in [0.15, 0.2) is 24.5 Å². The third-order valence-corrected chi connectivity index (χ3v) is 4.21. The first-order chi connectivity index (χ1) is 8.23. The van der Waals surface area contributed by atoms with Crippen molar-refractivity contribution in [1.29, 1.82) is 0 Å². The van der Waals surface area contributed by atoms with Crippen LogP contribution in [0.5, 0.6) is 0 Å². The van der Waals surface area contributed by atoms with Gasteiger partial charge in [0.05, 0.1) is 0 Å². The van der Waals surface area contributed by atoms with Crippen LogP contribution in [-0.2, 0) is 6.54 Å². The summed E-state index contributed by atoms with van der Waals surface area (Å²) in [4.78, 5) is 6.61.